The molecular weight excluding hydrogens is 266 g/mol. The Morgan fingerprint density at radius 2 is 2.10 bits per heavy atom. The highest BCUT2D eigenvalue weighted by Gasteiger charge is 2.42. The molecule has 2 aromatic rings. The lowest BCUT2D eigenvalue weighted by Crippen LogP contribution is -2.35. The smallest absolute Gasteiger partial charge is 0.276 e. The Bertz CT molecular complexity index is 696. The van der Waals surface area contributed by atoms with Crippen molar-refractivity contribution in [1.29, 1.82) is 0 Å². The van der Waals surface area contributed by atoms with Crippen molar-refractivity contribution in [3.63, 3.8) is 0 Å². The monoisotopic (exact) mass is 281 g/mol. The van der Waals surface area contributed by atoms with Crippen molar-refractivity contribution in [1.82, 2.24) is 20.3 Å². The number of rotatable bonds is 2. The summed E-state index contributed by atoms with van der Waals surface area (Å²) < 4.78 is 0. The Morgan fingerprint density at radius 1 is 1.35 bits per heavy atom. The van der Waals surface area contributed by atoms with E-state index in [9.17, 15) is 15.0 Å². The Morgan fingerprint density at radius 3 is 2.75 bits per heavy atom. The second-order valence-corrected chi connectivity index (χ2v) is 4.83. The van der Waals surface area contributed by atoms with Gasteiger partial charge in [0, 0.05) is 11.8 Å². The zero-order valence-electron chi connectivity index (χ0n) is 10.4. The number of fused-ring (bicyclic) bond motifs is 1. The van der Waals surface area contributed by atoms with E-state index >= 15 is 0 Å². The molecule has 0 spiro atoms. The van der Waals surface area contributed by atoms with Crippen molar-refractivity contribution in [2.45, 2.75) is 24.3 Å². The van der Waals surface area contributed by atoms with Crippen molar-refractivity contribution in [3.8, 4) is 0 Å². The second-order valence-electron chi connectivity index (χ2n) is 4.83. The number of H-pyrrole nitrogens is 2. The zero-order valence-corrected chi connectivity index (χ0v) is 10.4. The fraction of sp³-hybridized carbons (Fsp3) is 0.455. The molecule has 108 valence electrons. The normalized spacial score (nSPS) is 30.1. The fourth-order valence-electron chi connectivity index (χ4n) is 2.59. The molecule has 3 heterocycles. The number of nitrogen functional groups attached to an aromatic ring is 1. The van der Waals surface area contributed by atoms with Gasteiger partial charge in [-0.15, -0.1) is 0 Å². The molecule has 2 aromatic heterocycles. The summed E-state index contributed by atoms with van der Waals surface area (Å²) in [5.74, 6) is -0.0323. The van der Waals surface area contributed by atoms with Crippen molar-refractivity contribution in [2.24, 2.45) is 0 Å². The lowest BCUT2D eigenvalue weighted by Gasteiger charge is -2.14. The van der Waals surface area contributed by atoms with Crippen LogP contribution in [0.3, 0.4) is 0 Å². The van der Waals surface area contributed by atoms with Gasteiger partial charge in [-0.2, -0.15) is 0 Å². The third kappa shape index (κ3) is 1.79. The van der Waals surface area contributed by atoms with Gasteiger partial charge in [-0.3, -0.25) is 9.78 Å². The van der Waals surface area contributed by atoms with Gasteiger partial charge in [0.15, 0.2) is 0 Å². The summed E-state index contributed by atoms with van der Waals surface area (Å²) in [4.78, 5) is 20.9. The molecule has 3 rings (SSSR count). The molecule has 0 bridgehead atoms. The van der Waals surface area contributed by atoms with Crippen LogP contribution in [-0.4, -0.2) is 55.1 Å². The van der Waals surface area contributed by atoms with E-state index in [0.717, 1.165) is 0 Å². The van der Waals surface area contributed by atoms with Gasteiger partial charge in [0.2, 0.25) is 5.95 Å². The SMILES string of the molecule is Nc1nc2c(C3N[C@H](CO)[C@@H](O)[C@H]3O)c[nH]c2c(=O)[nH]1. The van der Waals surface area contributed by atoms with Gasteiger partial charge >= 0.3 is 0 Å². The third-order valence-corrected chi connectivity index (χ3v) is 3.61. The summed E-state index contributed by atoms with van der Waals surface area (Å²) in [6.07, 6.45) is -0.692. The zero-order chi connectivity index (χ0) is 14.4. The molecule has 0 radical (unpaired) electrons. The number of nitrogens with zero attached hydrogens (tertiary/aromatic N) is 1. The molecule has 0 aromatic carbocycles. The summed E-state index contributed by atoms with van der Waals surface area (Å²) in [5, 5.41) is 31.9. The van der Waals surface area contributed by atoms with E-state index in [4.69, 9.17) is 10.8 Å². The minimum absolute atomic E-state index is 0.0323. The van der Waals surface area contributed by atoms with Gasteiger partial charge in [-0.05, 0) is 0 Å². The molecule has 9 nitrogen and oxygen atoms in total. The molecule has 20 heavy (non-hydrogen) atoms. The highest BCUT2D eigenvalue weighted by Crippen LogP contribution is 2.30. The maximum atomic E-state index is 11.7. The molecule has 4 atom stereocenters. The van der Waals surface area contributed by atoms with Crippen molar-refractivity contribution in [3.05, 3.63) is 22.1 Å². The van der Waals surface area contributed by atoms with E-state index in [-0.39, 0.29) is 18.1 Å². The van der Waals surface area contributed by atoms with Gasteiger partial charge in [0.25, 0.3) is 5.56 Å². The highest BCUT2D eigenvalue weighted by atomic mass is 16.3. The number of nitrogens with one attached hydrogen (secondary N) is 3. The van der Waals surface area contributed by atoms with Gasteiger partial charge in [0.05, 0.1) is 24.8 Å². The predicted octanol–water partition coefficient (Wildman–Crippen LogP) is -2.44. The van der Waals surface area contributed by atoms with Crippen LogP contribution >= 0.6 is 0 Å². The first-order valence-electron chi connectivity index (χ1n) is 6.12. The number of aliphatic hydroxyl groups is 3. The lowest BCUT2D eigenvalue weighted by atomic mass is 10.0. The molecule has 0 saturated carbocycles. The van der Waals surface area contributed by atoms with E-state index in [1.165, 1.54) is 6.20 Å². The van der Waals surface area contributed by atoms with E-state index < -0.39 is 29.9 Å². The minimum atomic E-state index is -1.12. The Balaban J connectivity index is 2.09. The topological polar surface area (TPSA) is 160 Å². The summed E-state index contributed by atoms with van der Waals surface area (Å²) in [5.41, 5.74) is 6.18. The molecular formula is C11H15N5O4. The number of nitrogens with two attached hydrogens (primary N) is 1. The first-order valence-corrected chi connectivity index (χ1v) is 6.12. The van der Waals surface area contributed by atoms with Crippen LogP contribution in [0.4, 0.5) is 5.95 Å². The Hall–Kier alpha value is -1.94. The van der Waals surface area contributed by atoms with Gasteiger partial charge in [-0.1, -0.05) is 0 Å². The standard InChI is InChI=1S/C11H15N5O4/c12-11-15-5-3(1-13-7(5)10(20)16-11)6-9(19)8(18)4(2-17)14-6/h1,4,6,8-9,13-14,17-19H,2H2,(H3,12,15,16,20)/t4-,6?,8-,9+/m1/s1. The van der Waals surface area contributed by atoms with Crippen molar-refractivity contribution >= 4 is 17.0 Å². The molecule has 1 aliphatic heterocycles. The van der Waals surface area contributed by atoms with Crippen molar-refractivity contribution < 1.29 is 15.3 Å². The maximum Gasteiger partial charge on any atom is 0.276 e. The molecule has 1 unspecified atom stereocenters. The second kappa shape index (κ2) is 4.56. The van der Waals surface area contributed by atoms with Gasteiger partial charge in [-0.25, -0.2) is 4.98 Å². The van der Waals surface area contributed by atoms with Crippen LogP contribution in [0, 0.1) is 0 Å². The summed E-state index contributed by atoms with van der Waals surface area (Å²) in [6.45, 7) is -0.312. The fourth-order valence-corrected chi connectivity index (χ4v) is 2.59. The average Bonchev–Trinajstić information content (AvgIpc) is 2.93. The predicted molar refractivity (Wildman–Crippen MR) is 69.9 cm³/mol. The van der Waals surface area contributed by atoms with E-state index in [0.29, 0.717) is 11.1 Å². The number of hydrogen-bond donors (Lipinski definition) is 7. The molecule has 0 amide bonds. The number of hydrogen-bond acceptors (Lipinski definition) is 7. The molecule has 1 fully saturated rings. The van der Waals surface area contributed by atoms with E-state index in [1.54, 1.807) is 0 Å². The third-order valence-electron chi connectivity index (χ3n) is 3.61. The van der Waals surface area contributed by atoms with Crippen LogP contribution in [0.2, 0.25) is 0 Å². The van der Waals surface area contributed by atoms with Crippen LogP contribution in [0.1, 0.15) is 11.6 Å². The first kappa shape index (κ1) is 13.1. The molecule has 8 N–H and O–H groups in total. The molecule has 9 heteroatoms. The largest absolute Gasteiger partial charge is 0.395 e. The van der Waals surface area contributed by atoms with Crippen LogP contribution in [0.5, 0.6) is 0 Å². The Kier molecular flexibility index (Phi) is 2.98. The minimum Gasteiger partial charge on any atom is -0.395 e. The maximum absolute atomic E-state index is 11.7. The van der Waals surface area contributed by atoms with E-state index in [2.05, 4.69) is 20.3 Å². The van der Waals surface area contributed by atoms with E-state index in [1.807, 2.05) is 0 Å². The Labute approximate surface area is 112 Å². The highest BCUT2D eigenvalue weighted by molar-refractivity contribution is 5.79. The van der Waals surface area contributed by atoms with Crippen LogP contribution in [0.15, 0.2) is 11.0 Å². The van der Waals surface area contributed by atoms with Crippen molar-refractivity contribution in [2.75, 3.05) is 12.3 Å². The van der Waals surface area contributed by atoms with Gasteiger partial charge in [0.1, 0.15) is 17.1 Å². The van der Waals surface area contributed by atoms with Crippen LogP contribution in [0.25, 0.3) is 11.0 Å². The number of aromatic amines is 2. The quantitative estimate of drug-likeness (QED) is 0.322. The summed E-state index contributed by atoms with van der Waals surface area (Å²) in [7, 11) is 0. The average molecular weight is 281 g/mol. The number of aliphatic hydroxyl groups excluding tert-OH is 3. The summed E-state index contributed by atoms with van der Waals surface area (Å²) >= 11 is 0. The molecule has 0 aliphatic carbocycles. The number of aromatic nitrogens is 3. The van der Waals surface area contributed by atoms with Crippen LogP contribution in [-0.2, 0) is 0 Å². The lowest BCUT2D eigenvalue weighted by molar-refractivity contribution is 0.0196. The number of anilines is 1. The van der Waals surface area contributed by atoms with Crippen LogP contribution < -0.4 is 16.6 Å². The van der Waals surface area contributed by atoms with Gasteiger partial charge < -0.3 is 31.4 Å². The summed E-state index contributed by atoms with van der Waals surface area (Å²) in [6, 6.07) is -1.29. The molecule has 1 aliphatic rings. The first-order chi connectivity index (χ1) is 9.52. The molecule has 1 saturated heterocycles.